The highest BCUT2D eigenvalue weighted by atomic mass is 15.1. The second-order valence-corrected chi connectivity index (χ2v) is 8.31. The summed E-state index contributed by atoms with van der Waals surface area (Å²) in [5, 5.41) is 0. The Hall–Kier alpha value is -3.32. The molecule has 4 aromatic carbocycles. The number of nitrogens with zero attached hydrogens (tertiary/aromatic N) is 1. The van der Waals surface area contributed by atoms with Gasteiger partial charge in [-0.1, -0.05) is 98.8 Å². The fourth-order valence-electron chi connectivity index (χ4n) is 4.77. The van der Waals surface area contributed by atoms with Crippen molar-refractivity contribution in [3.05, 3.63) is 108 Å². The van der Waals surface area contributed by atoms with Crippen LogP contribution in [0.3, 0.4) is 0 Å². The van der Waals surface area contributed by atoms with Gasteiger partial charge in [0.05, 0.1) is 0 Å². The van der Waals surface area contributed by atoms with Gasteiger partial charge in [0, 0.05) is 35.0 Å². The van der Waals surface area contributed by atoms with Gasteiger partial charge in [-0.05, 0) is 34.4 Å². The Bertz CT molecular complexity index is 1190. The highest BCUT2D eigenvalue weighted by Crippen LogP contribution is 2.52. The number of anilines is 2. The average molecular weight is 376 g/mol. The van der Waals surface area contributed by atoms with Crippen LogP contribution in [0.4, 0.5) is 11.4 Å². The molecule has 1 aliphatic rings. The number of benzene rings is 4. The van der Waals surface area contributed by atoms with E-state index in [1.807, 2.05) is 0 Å². The van der Waals surface area contributed by atoms with E-state index < -0.39 is 0 Å². The van der Waals surface area contributed by atoms with Crippen molar-refractivity contribution in [1.82, 2.24) is 0 Å². The number of fused-ring (bicyclic) bond motifs is 3. The molecular formula is C28H25N. The predicted molar refractivity (Wildman–Crippen MR) is 124 cm³/mol. The van der Waals surface area contributed by atoms with Gasteiger partial charge < -0.3 is 4.90 Å². The Balaban J connectivity index is 1.71. The van der Waals surface area contributed by atoms with Gasteiger partial charge in [-0.3, -0.25) is 0 Å². The van der Waals surface area contributed by atoms with Crippen LogP contribution in [0.2, 0.25) is 0 Å². The molecule has 0 aliphatic heterocycles. The third-order valence-electron chi connectivity index (χ3n) is 6.30. The van der Waals surface area contributed by atoms with Crippen molar-refractivity contribution < 1.29 is 0 Å². The van der Waals surface area contributed by atoms with E-state index in [-0.39, 0.29) is 5.41 Å². The Labute approximate surface area is 173 Å². The zero-order valence-corrected chi connectivity index (χ0v) is 17.2. The van der Waals surface area contributed by atoms with Gasteiger partial charge in [0.15, 0.2) is 0 Å². The summed E-state index contributed by atoms with van der Waals surface area (Å²) in [4.78, 5) is 2.35. The first kappa shape index (κ1) is 17.8. The van der Waals surface area contributed by atoms with Crippen LogP contribution < -0.4 is 4.90 Å². The van der Waals surface area contributed by atoms with Crippen LogP contribution in [0.1, 0.15) is 25.0 Å². The smallest absolute Gasteiger partial charge is 0.0491 e. The van der Waals surface area contributed by atoms with Crippen molar-refractivity contribution >= 4 is 11.4 Å². The topological polar surface area (TPSA) is 3.24 Å². The number of rotatable bonds is 3. The molecule has 1 aliphatic carbocycles. The van der Waals surface area contributed by atoms with Crippen LogP contribution in [0.15, 0.2) is 97.1 Å². The maximum absolute atomic E-state index is 2.35. The molecule has 0 N–H and O–H groups in total. The van der Waals surface area contributed by atoms with E-state index in [0.717, 1.165) is 0 Å². The summed E-state index contributed by atoms with van der Waals surface area (Å²) in [6.45, 7) is 4.67. The first-order valence-corrected chi connectivity index (χ1v) is 10.2. The lowest BCUT2D eigenvalue weighted by Crippen LogP contribution is -2.16. The summed E-state index contributed by atoms with van der Waals surface area (Å²) < 4.78 is 0. The zero-order chi connectivity index (χ0) is 20.0. The van der Waals surface area contributed by atoms with E-state index in [1.165, 1.54) is 44.8 Å². The lowest BCUT2D eigenvalue weighted by Gasteiger charge is -2.26. The highest BCUT2D eigenvalue weighted by molar-refractivity contribution is 5.93. The molecule has 0 saturated heterocycles. The Morgan fingerprint density at radius 1 is 0.552 bits per heavy atom. The minimum atomic E-state index is 0.0156. The average Bonchev–Trinajstić information content (AvgIpc) is 3.01. The first-order valence-electron chi connectivity index (χ1n) is 10.2. The summed E-state index contributed by atoms with van der Waals surface area (Å²) in [7, 11) is 2.19. The lowest BCUT2D eigenvalue weighted by atomic mass is 9.82. The third-order valence-corrected chi connectivity index (χ3v) is 6.30. The quantitative estimate of drug-likeness (QED) is 0.360. The SMILES string of the molecule is CN(c1ccccc1-c1ccccc1)c1cccc2c1-c1ccccc1C2(C)C. The molecule has 0 fully saturated rings. The van der Waals surface area contributed by atoms with Crippen molar-refractivity contribution in [2.75, 3.05) is 11.9 Å². The molecule has 4 aromatic rings. The second-order valence-electron chi connectivity index (χ2n) is 8.31. The molecule has 0 amide bonds. The molecule has 29 heavy (non-hydrogen) atoms. The minimum absolute atomic E-state index is 0.0156. The van der Waals surface area contributed by atoms with Crippen LogP contribution >= 0.6 is 0 Å². The standard InChI is InChI=1S/C28H25N/c1-28(2)23-16-9-7-15-22(23)27-24(28)17-11-19-26(27)29(3)25-18-10-8-14-21(25)20-12-5-4-6-13-20/h4-19H,1-3H3. The van der Waals surface area contributed by atoms with Gasteiger partial charge in [-0.25, -0.2) is 0 Å². The molecule has 0 unspecified atom stereocenters. The van der Waals surface area contributed by atoms with Gasteiger partial charge in [0.1, 0.15) is 0 Å². The largest absolute Gasteiger partial charge is 0.344 e. The second kappa shape index (κ2) is 6.63. The molecule has 1 heteroatoms. The lowest BCUT2D eigenvalue weighted by molar-refractivity contribution is 0.660. The van der Waals surface area contributed by atoms with Gasteiger partial charge in [-0.15, -0.1) is 0 Å². The number of hydrogen-bond donors (Lipinski definition) is 0. The van der Waals surface area contributed by atoms with Crippen LogP contribution in [-0.2, 0) is 5.41 Å². The third kappa shape index (κ3) is 2.69. The summed E-state index contributed by atoms with van der Waals surface area (Å²) in [6, 6.07) is 34.9. The van der Waals surface area contributed by atoms with Crippen molar-refractivity contribution in [1.29, 1.82) is 0 Å². The van der Waals surface area contributed by atoms with Crippen molar-refractivity contribution in [3.8, 4) is 22.3 Å². The molecule has 0 heterocycles. The maximum atomic E-state index is 2.35. The van der Waals surface area contributed by atoms with E-state index in [1.54, 1.807) is 0 Å². The van der Waals surface area contributed by atoms with Crippen molar-refractivity contribution in [2.45, 2.75) is 19.3 Å². The summed E-state index contributed by atoms with van der Waals surface area (Å²) in [6.07, 6.45) is 0. The summed E-state index contributed by atoms with van der Waals surface area (Å²) >= 11 is 0. The molecule has 0 aromatic heterocycles. The monoisotopic (exact) mass is 375 g/mol. The van der Waals surface area contributed by atoms with Crippen molar-refractivity contribution in [3.63, 3.8) is 0 Å². The number of hydrogen-bond acceptors (Lipinski definition) is 1. The first-order chi connectivity index (χ1) is 14.1. The van der Waals surface area contributed by atoms with Crippen molar-refractivity contribution in [2.24, 2.45) is 0 Å². The van der Waals surface area contributed by atoms with Gasteiger partial charge in [0.2, 0.25) is 0 Å². The Morgan fingerprint density at radius 3 is 1.93 bits per heavy atom. The summed E-state index contributed by atoms with van der Waals surface area (Å²) in [5.74, 6) is 0. The van der Waals surface area contributed by atoms with E-state index in [0.29, 0.717) is 0 Å². The maximum Gasteiger partial charge on any atom is 0.0491 e. The normalized spacial score (nSPS) is 13.6. The molecule has 0 spiro atoms. The molecule has 5 rings (SSSR count). The molecule has 0 atom stereocenters. The van der Waals surface area contributed by atoms with Crippen LogP contribution in [0.25, 0.3) is 22.3 Å². The predicted octanol–water partition coefficient (Wildman–Crippen LogP) is 7.43. The molecule has 0 saturated carbocycles. The molecule has 1 nitrogen and oxygen atoms in total. The van der Waals surface area contributed by atoms with Crippen LogP contribution in [-0.4, -0.2) is 7.05 Å². The van der Waals surface area contributed by atoms with E-state index in [9.17, 15) is 0 Å². The highest BCUT2D eigenvalue weighted by Gasteiger charge is 2.37. The Morgan fingerprint density at radius 2 is 1.14 bits per heavy atom. The van der Waals surface area contributed by atoms with E-state index in [2.05, 4.69) is 123 Å². The zero-order valence-electron chi connectivity index (χ0n) is 17.2. The van der Waals surface area contributed by atoms with Crippen LogP contribution in [0, 0.1) is 0 Å². The fourth-order valence-corrected chi connectivity index (χ4v) is 4.77. The number of para-hydroxylation sites is 1. The summed E-state index contributed by atoms with van der Waals surface area (Å²) in [5.41, 5.74) is 10.5. The van der Waals surface area contributed by atoms with Gasteiger partial charge in [0.25, 0.3) is 0 Å². The molecule has 142 valence electrons. The minimum Gasteiger partial charge on any atom is -0.344 e. The van der Waals surface area contributed by atoms with Gasteiger partial charge >= 0.3 is 0 Å². The van der Waals surface area contributed by atoms with E-state index in [4.69, 9.17) is 0 Å². The molecule has 0 bridgehead atoms. The van der Waals surface area contributed by atoms with Crippen LogP contribution in [0.5, 0.6) is 0 Å². The molecular weight excluding hydrogens is 350 g/mol. The van der Waals surface area contributed by atoms with Gasteiger partial charge in [-0.2, -0.15) is 0 Å². The van der Waals surface area contributed by atoms with E-state index >= 15 is 0 Å². The molecule has 0 radical (unpaired) electrons. The fraction of sp³-hybridized carbons (Fsp3) is 0.143. The Kier molecular flexibility index (Phi) is 4.06.